The summed E-state index contributed by atoms with van der Waals surface area (Å²) in [7, 11) is 0. The highest BCUT2D eigenvalue weighted by Crippen LogP contribution is 2.30. The maximum Gasteiger partial charge on any atom is 0.237 e. The predicted octanol–water partition coefficient (Wildman–Crippen LogP) is -0.183. The molecule has 1 saturated carbocycles. The second kappa shape index (κ2) is 3.51. The van der Waals surface area contributed by atoms with Crippen molar-refractivity contribution in [1.82, 2.24) is 4.90 Å². The third-order valence-electron chi connectivity index (χ3n) is 3.47. The highest BCUT2D eigenvalue weighted by molar-refractivity contribution is 5.84. The van der Waals surface area contributed by atoms with Crippen LogP contribution >= 0.6 is 0 Å². The van der Waals surface area contributed by atoms with E-state index in [0.29, 0.717) is 0 Å². The van der Waals surface area contributed by atoms with Crippen LogP contribution in [0.4, 0.5) is 0 Å². The Balaban J connectivity index is 1.96. The van der Waals surface area contributed by atoms with Crippen LogP contribution in [0.2, 0.25) is 0 Å². The lowest BCUT2D eigenvalue weighted by Gasteiger charge is -2.24. The largest absolute Gasteiger partial charge is 0.368 e. The normalized spacial score (nSPS) is 35.2. The van der Waals surface area contributed by atoms with E-state index < -0.39 is 5.54 Å². The fourth-order valence-corrected chi connectivity index (χ4v) is 2.23. The molecule has 2 fully saturated rings. The molecule has 4 nitrogen and oxygen atoms in total. The van der Waals surface area contributed by atoms with Gasteiger partial charge in [0.05, 0.1) is 5.54 Å². The molecule has 4 heteroatoms. The maximum absolute atomic E-state index is 11.2. The van der Waals surface area contributed by atoms with Gasteiger partial charge in [0.1, 0.15) is 0 Å². The highest BCUT2D eigenvalue weighted by Gasteiger charge is 2.37. The van der Waals surface area contributed by atoms with Gasteiger partial charge < -0.3 is 16.4 Å². The molecule has 0 aromatic rings. The van der Waals surface area contributed by atoms with Crippen LogP contribution in [-0.4, -0.2) is 35.5 Å². The number of amides is 1. The van der Waals surface area contributed by atoms with Gasteiger partial charge in [-0.3, -0.25) is 4.79 Å². The molecule has 1 atom stereocenters. The van der Waals surface area contributed by atoms with Crippen LogP contribution in [0.25, 0.3) is 0 Å². The van der Waals surface area contributed by atoms with Crippen LogP contribution in [0, 0.1) is 0 Å². The molecule has 80 valence electrons. The van der Waals surface area contributed by atoms with Gasteiger partial charge in [0.2, 0.25) is 5.91 Å². The van der Waals surface area contributed by atoms with E-state index >= 15 is 0 Å². The van der Waals surface area contributed by atoms with Crippen LogP contribution in [0.1, 0.15) is 32.1 Å². The molecule has 1 aliphatic heterocycles. The summed E-state index contributed by atoms with van der Waals surface area (Å²) in [5.74, 6) is -0.338. The quantitative estimate of drug-likeness (QED) is 0.645. The summed E-state index contributed by atoms with van der Waals surface area (Å²) >= 11 is 0. The first-order chi connectivity index (χ1) is 6.62. The number of nitrogens with two attached hydrogens (primary N) is 2. The molecule has 1 saturated heterocycles. The molecule has 0 bridgehead atoms. The van der Waals surface area contributed by atoms with Gasteiger partial charge in [0.25, 0.3) is 0 Å². The van der Waals surface area contributed by atoms with Crippen LogP contribution < -0.4 is 11.5 Å². The molecular weight excluding hydrogens is 178 g/mol. The van der Waals surface area contributed by atoms with E-state index in [1.807, 2.05) is 0 Å². The molecule has 1 amide bonds. The first-order valence-electron chi connectivity index (χ1n) is 5.45. The van der Waals surface area contributed by atoms with Gasteiger partial charge >= 0.3 is 0 Å². The van der Waals surface area contributed by atoms with Gasteiger partial charge in [-0.1, -0.05) is 0 Å². The lowest BCUT2D eigenvalue weighted by Crippen LogP contribution is -2.52. The van der Waals surface area contributed by atoms with E-state index in [1.54, 1.807) is 0 Å². The Morgan fingerprint density at radius 1 is 1.29 bits per heavy atom. The van der Waals surface area contributed by atoms with Crippen molar-refractivity contribution in [2.45, 2.75) is 43.7 Å². The Kier molecular flexibility index (Phi) is 2.49. The van der Waals surface area contributed by atoms with E-state index in [4.69, 9.17) is 11.5 Å². The molecule has 2 rings (SSSR count). The standard InChI is InChI=1S/C10H19N3O/c11-9(14)10(12)4-1-6-13(7-5-10)8-2-3-8/h8H,1-7,12H2,(H2,11,14). The maximum atomic E-state index is 11.2. The Bertz CT molecular complexity index is 240. The molecule has 0 radical (unpaired) electrons. The Morgan fingerprint density at radius 2 is 2.00 bits per heavy atom. The molecule has 1 unspecified atom stereocenters. The lowest BCUT2D eigenvalue weighted by atomic mass is 9.91. The van der Waals surface area contributed by atoms with Crippen molar-refractivity contribution < 1.29 is 4.79 Å². The van der Waals surface area contributed by atoms with Gasteiger partial charge in [0, 0.05) is 12.6 Å². The summed E-state index contributed by atoms with van der Waals surface area (Å²) in [5, 5.41) is 0. The second-order valence-electron chi connectivity index (χ2n) is 4.64. The van der Waals surface area contributed by atoms with Gasteiger partial charge in [-0.05, 0) is 38.6 Å². The summed E-state index contributed by atoms with van der Waals surface area (Å²) in [5.41, 5.74) is 10.6. The van der Waals surface area contributed by atoms with Crippen LogP contribution in [0.15, 0.2) is 0 Å². The fraction of sp³-hybridized carbons (Fsp3) is 0.900. The molecule has 4 N–H and O–H groups in total. The van der Waals surface area contributed by atoms with Crippen molar-refractivity contribution in [3.8, 4) is 0 Å². The minimum Gasteiger partial charge on any atom is -0.368 e. The third kappa shape index (κ3) is 1.91. The zero-order valence-corrected chi connectivity index (χ0v) is 8.54. The smallest absolute Gasteiger partial charge is 0.237 e. The van der Waals surface area contributed by atoms with Crippen molar-refractivity contribution in [1.29, 1.82) is 0 Å². The molecule has 1 aliphatic carbocycles. The van der Waals surface area contributed by atoms with Gasteiger partial charge in [-0.2, -0.15) is 0 Å². The number of primary amides is 1. The number of carbonyl (C=O) groups is 1. The third-order valence-corrected chi connectivity index (χ3v) is 3.47. The van der Waals surface area contributed by atoms with Crippen LogP contribution in [0.5, 0.6) is 0 Å². The van der Waals surface area contributed by atoms with E-state index in [1.165, 1.54) is 12.8 Å². The number of likely N-dealkylation sites (tertiary alicyclic amines) is 1. The average Bonchev–Trinajstić information content (AvgIpc) is 2.90. The van der Waals surface area contributed by atoms with Crippen molar-refractivity contribution in [3.05, 3.63) is 0 Å². The molecule has 1 heterocycles. The van der Waals surface area contributed by atoms with E-state index in [0.717, 1.165) is 38.4 Å². The van der Waals surface area contributed by atoms with E-state index in [-0.39, 0.29) is 5.91 Å². The number of nitrogens with zero attached hydrogens (tertiary/aromatic N) is 1. The monoisotopic (exact) mass is 197 g/mol. The molecular formula is C10H19N3O. The topological polar surface area (TPSA) is 72.3 Å². The van der Waals surface area contributed by atoms with Crippen molar-refractivity contribution >= 4 is 5.91 Å². The average molecular weight is 197 g/mol. The molecule has 0 spiro atoms. The fourth-order valence-electron chi connectivity index (χ4n) is 2.23. The Morgan fingerprint density at radius 3 is 2.57 bits per heavy atom. The minimum absolute atomic E-state index is 0.338. The molecule has 14 heavy (non-hydrogen) atoms. The number of hydrogen-bond donors (Lipinski definition) is 2. The first kappa shape index (κ1) is 9.93. The summed E-state index contributed by atoms with van der Waals surface area (Å²) in [4.78, 5) is 13.7. The minimum atomic E-state index is -0.746. The van der Waals surface area contributed by atoms with Gasteiger partial charge in [-0.15, -0.1) is 0 Å². The Labute approximate surface area is 84.6 Å². The zero-order valence-electron chi connectivity index (χ0n) is 8.54. The summed E-state index contributed by atoms with van der Waals surface area (Å²) < 4.78 is 0. The zero-order chi connectivity index (χ0) is 10.2. The van der Waals surface area contributed by atoms with Crippen LogP contribution in [0.3, 0.4) is 0 Å². The van der Waals surface area contributed by atoms with Crippen molar-refractivity contribution in [2.24, 2.45) is 11.5 Å². The number of hydrogen-bond acceptors (Lipinski definition) is 3. The lowest BCUT2D eigenvalue weighted by molar-refractivity contribution is -0.123. The summed E-state index contributed by atoms with van der Waals surface area (Å²) in [6, 6.07) is 0.769. The van der Waals surface area contributed by atoms with E-state index in [2.05, 4.69) is 4.90 Å². The SMILES string of the molecule is NC(=O)C1(N)CCCN(C2CC2)CC1. The number of carbonyl (C=O) groups excluding carboxylic acids is 1. The van der Waals surface area contributed by atoms with Gasteiger partial charge in [-0.25, -0.2) is 0 Å². The Hall–Kier alpha value is -0.610. The predicted molar refractivity (Wildman–Crippen MR) is 54.6 cm³/mol. The summed E-state index contributed by atoms with van der Waals surface area (Å²) in [6.07, 6.45) is 5.09. The molecule has 2 aliphatic rings. The van der Waals surface area contributed by atoms with Gasteiger partial charge in [0.15, 0.2) is 0 Å². The van der Waals surface area contributed by atoms with Crippen LogP contribution in [-0.2, 0) is 4.79 Å². The summed E-state index contributed by atoms with van der Waals surface area (Å²) in [6.45, 7) is 2.01. The van der Waals surface area contributed by atoms with Crippen molar-refractivity contribution in [2.75, 3.05) is 13.1 Å². The second-order valence-corrected chi connectivity index (χ2v) is 4.64. The molecule has 0 aromatic carbocycles. The van der Waals surface area contributed by atoms with E-state index in [9.17, 15) is 4.79 Å². The number of rotatable bonds is 2. The molecule has 0 aromatic heterocycles. The first-order valence-corrected chi connectivity index (χ1v) is 5.45. The highest BCUT2D eigenvalue weighted by atomic mass is 16.1. The van der Waals surface area contributed by atoms with Crippen molar-refractivity contribution in [3.63, 3.8) is 0 Å².